The molecule has 0 amide bonds. The summed E-state index contributed by atoms with van der Waals surface area (Å²) in [5.74, 6) is -0.915. The minimum absolute atomic E-state index is 0.0808. The molecule has 0 bridgehead atoms. The van der Waals surface area contributed by atoms with E-state index in [1.54, 1.807) is 11.9 Å². The number of benzene rings is 2. The van der Waals surface area contributed by atoms with Crippen molar-refractivity contribution in [3.05, 3.63) is 88.9 Å². The molecule has 1 aliphatic heterocycles. The van der Waals surface area contributed by atoms with Crippen molar-refractivity contribution in [1.29, 1.82) is 0 Å². The summed E-state index contributed by atoms with van der Waals surface area (Å²) in [5.41, 5.74) is 8.05. The number of thioether (sulfide) groups is 1. The molecule has 5 nitrogen and oxygen atoms in total. The van der Waals surface area contributed by atoms with Crippen LogP contribution in [0.5, 0.6) is 0 Å². The number of hydrogen-bond acceptors (Lipinski definition) is 6. The highest BCUT2D eigenvalue weighted by molar-refractivity contribution is 8.15. The highest BCUT2D eigenvalue weighted by Crippen LogP contribution is 2.53. The molecule has 0 radical (unpaired) electrons. The lowest BCUT2D eigenvalue weighted by Crippen LogP contribution is -2.38. The second-order valence-electron chi connectivity index (χ2n) is 7.21. The van der Waals surface area contributed by atoms with Crippen molar-refractivity contribution in [2.24, 2.45) is 10.8 Å². The van der Waals surface area contributed by atoms with E-state index in [2.05, 4.69) is 0 Å². The van der Waals surface area contributed by atoms with Crippen LogP contribution in [-0.2, 0) is 4.87 Å². The van der Waals surface area contributed by atoms with Gasteiger partial charge in [-0.25, -0.2) is 13.8 Å². The van der Waals surface area contributed by atoms with Crippen molar-refractivity contribution in [1.82, 2.24) is 0 Å². The van der Waals surface area contributed by atoms with Crippen LogP contribution in [0, 0.1) is 18.6 Å². The van der Waals surface area contributed by atoms with E-state index in [9.17, 15) is 13.6 Å². The average molecular weight is 442 g/mol. The van der Waals surface area contributed by atoms with Gasteiger partial charge >= 0.3 is 0 Å². The summed E-state index contributed by atoms with van der Waals surface area (Å²) in [4.78, 5) is 10.6. The van der Waals surface area contributed by atoms with Crippen molar-refractivity contribution in [2.75, 3.05) is 11.6 Å². The first-order valence-corrected chi connectivity index (χ1v) is 10.6. The number of aldehydes is 1. The number of anilines is 1. The zero-order valence-electron chi connectivity index (χ0n) is 16.8. The van der Waals surface area contributed by atoms with E-state index < -0.39 is 16.5 Å². The fourth-order valence-electron chi connectivity index (χ4n) is 3.68. The normalized spacial score (nSPS) is 18.3. The molecule has 3 aromatic rings. The number of halogens is 2. The molecule has 4 rings (SSSR count). The third-order valence-corrected chi connectivity index (χ3v) is 6.73. The number of nitrogens with zero attached hydrogens (tertiary/aromatic N) is 2. The third kappa shape index (κ3) is 3.77. The van der Waals surface area contributed by atoms with Crippen LogP contribution in [0.4, 0.5) is 14.5 Å². The second-order valence-corrected chi connectivity index (χ2v) is 8.48. The number of rotatable bonds is 7. The van der Waals surface area contributed by atoms with E-state index in [-0.39, 0.29) is 11.3 Å². The first-order valence-electron chi connectivity index (χ1n) is 9.82. The Morgan fingerprint density at radius 2 is 2.00 bits per heavy atom. The quantitative estimate of drug-likeness (QED) is 0.511. The zero-order valence-corrected chi connectivity index (χ0v) is 17.7. The molecule has 31 heavy (non-hydrogen) atoms. The molecule has 160 valence electrons. The van der Waals surface area contributed by atoms with Crippen molar-refractivity contribution in [2.45, 2.75) is 24.6 Å². The lowest BCUT2D eigenvalue weighted by molar-refractivity contribution is 0.110. The van der Waals surface area contributed by atoms with Crippen molar-refractivity contribution in [3.8, 4) is 0 Å². The number of carbonyl (C=O) groups excluding carboxylic acids is 1. The number of carbonyl (C=O) groups is 1. The van der Waals surface area contributed by atoms with Crippen molar-refractivity contribution in [3.63, 3.8) is 0 Å². The van der Waals surface area contributed by atoms with Crippen LogP contribution < -0.4 is 10.7 Å². The molecule has 1 aliphatic rings. The Balaban J connectivity index is 1.92. The van der Waals surface area contributed by atoms with E-state index in [0.29, 0.717) is 42.0 Å². The zero-order chi connectivity index (χ0) is 22.0. The fraction of sp³-hybridized carbons (Fsp3) is 0.217. The molecular weight excluding hydrogens is 420 g/mol. The molecule has 0 spiro atoms. The van der Waals surface area contributed by atoms with Gasteiger partial charge in [0, 0.05) is 11.1 Å². The molecule has 2 N–H and O–H groups in total. The molecule has 2 heterocycles. The summed E-state index contributed by atoms with van der Waals surface area (Å²) in [6.45, 7) is 2.22. The van der Waals surface area contributed by atoms with E-state index in [4.69, 9.17) is 15.3 Å². The Kier molecular flexibility index (Phi) is 5.93. The van der Waals surface area contributed by atoms with Gasteiger partial charge in [0.2, 0.25) is 0 Å². The predicted molar refractivity (Wildman–Crippen MR) is 118 cm³/mol. The maximum absolute atomic E-state index is 14.6. The van der Waals surface area contributed by atoms with E-state index in [0.717, 1.165) is 23.8 Å². The van der Waals surface area contributed by atoms with Gasteiger partial charge in [-0.3, -0.25) is 4.79 Å². The van der Waals surface area contributed by atoms with Gasteiger partial charge in [0.15, 0.2) is 12.0 Å². The number of nitrogens with two attached hydrogens (primary N) is 1. The highest BCUT2D eigenvalue weighted by atomic mass is 32.2. The minimum atomic E-state index is -0.774. The van der Waals surface area contributed by atoms with Crippen LogP contribution in [0.15, 0.2) is 64.3 Å². The standard InChI is InChI=1S/C23H21F2N3O2S/c1-15-20(14-30-21(15)13-29)28-23(10-5-11-26,16-6-3-2-4-7-16)31-22(27-28)18-12-17(24)8-9-19(18)25/h2-4,6-9,12-14H,5,10-11,26H2,1H3. The predicted octanol–water partition coefficient (Wildman–Crippen LogP) is 5.19. The summed E-state index contributed by atoms with van der Waals surface area (Å²) in [6, 6.07) is 13.0. The lowest BCUT2D eigenvalue weighted by Gasteiger charge is -2.37. The lowest BCUT2D eigenvalue weighted by atomic mass is 9.99. The topological polar surface area (TPSA) is 71.8 Å². The van der Waals surface area contributed by atoms with Gasteiger partial charge in [-0.05, 0) is 50.1 Å². The van der Waals surface area contributed by atoms with Crippen LogP contribution in [0.2, 0.25) is 0 Å². The molecule has 0 fully saturated rings. The van der Waals surface area contributed by atoms with Gasteiger partial charge in [-0.2, -0.15) is 5.10 Å². The first-order chi connectivity index (χ1) is 15.0. The van der Waals surface area contributed by atoms with Gasteiger partial charge < -0.3 is 10.2 Å². The highest BCUT2D eigenvalue weighted by Gasteiger charge is 2.47. The summed E-state index contributed by atoms with van der Waals surface area (Å²) >= 11 is 1.34. The van der Waals surface area contributed by atoms with E-state index in [1.807, 2.05) is 30.3 Å². The fourth-order valence-corrected chi connectivity index (χ4v) is 5.12. The summed E-state index contributed by atoms with van der Waals surface area (Å²) < 4.78 is 34.0. The van der Waals surface area contributed by atoms with E-state index >= 15 is 0 Å². The van der Waals surface area contributed by atoms with Gasteiger partial charge in [-0.1, -0.05) is 42.1 Å². The first kappa shape index (κ1) is 21.3. The molecule has 0 saturated carbocycles. The van der Waals surface area contributed by atoms with Crippen LogP contribution in [0.3, 0.4) is 0 Å². The SMILES string of the molecule is Cc1c(N2N=C(c3cc(F)ccc3F)SC2(CCCN)c2ccccc2)coc1C=O. The summed E-state index contributed by atoms with van der Waals surface area (Å²) in [6.07, 6.45) is 3.37. The Labute approximate surface area is 182 Å². The van der Waals surface area contributed by atoms with Gasteiger partial charge in [0.1, 0.15) is 33.5 Å². The molecule has 0 saturated heterocycles. The van der Waals surface area contributed by atoms with Gasteiger partial charge in [-0.15, -0.1) is 0 Å². The Bertz CT molecular complexity index is 1130. The number of hydrogen-bond donors (Lipinski definition) is 1. The Morgan fingerprint density at radius 1 is 1.23 bits per heavy atom. The third-order valence-electron chi connectivity index (χ3n) is 5.29. The van der Waals surface area contributed by atoms with E-state index in [1.165, 1.54) is 18.0 Å². The van der Waals surface area contributed by atoms with Crippen molar-refractivity contribution >= 4 is 28.8 Å². The molecule has 1 atom stereocenters. The van der Waals surface area contributed by atoms with Crippen LogP contribution >= 0.6 is 11.8 Å². The van der Waals surface area contributed by atoms with Gasteiger partial charge in [0.05, 0.1) is 0 Å². The Morgan fingerprint density at radius 3 is 2.68 bits per heavy atom. The summed E-state index contributed by atoms with van der Waals surface area (Å²) in [5, 5.41) is 6.79. The van der Waals surface area contributed by atoms with Crippen LogP contribution in [-0.4, -0.2) is 17.9 Å². The molecule has 0 aliphatic carbocycles. The number of furan rings is 1. The molecule has 2 aromatic carbocycles. The molecule has 1 aromatic heterocycles. The number of hydrazone groups is 1. The maximum Gasteiger partial charge on any atom is 0.185 e. The van der Waals surface area contributed by atoms with Gasteiger partial charge in [0.25, 0.3) is 0 Å². The van der Waals surface area contributed by atoms with Crippen LogP contribution in [0.1, 0.15) is 40.1 Å². The monoisotopic (exact) mass is 441 g/mol. The minimum Gasteiger partial charge on any atom is -0.459 e. The molecule has 1 unspecified atom stereocenters. The average Bonchev–Trinajstić information content (AvgIpc) is 3.35. The molecule has 8 heteroatoms. The maximum atomic E-state index is 14.6. The smallest absolute Gasteiger partial charge is 0.185 e. The van der Waals surface area contributed by atoms with Crippen LogP contribution in [0.25, 0.3) is 0 Å². The largest absolute Gasteiger partial charge is 0.459 e. The van der Waals surface area contributed by atoms with Crippen molar-refractivity contribution < 1.29 is 18.0 Å². The molecular formula is C23H21F2N3O2S. The Hall–Kier alpha value is -2.97. The summed E-state index contributed by atoms with van der Waals surface area (Å²) in [7, 11) is 0. The second kappa shape index (κ2) is 8.64.